The highest BCUT2D eigenvalue weighted by atomic mass is 16.2. The third-order valence-corrected chi connectivity index (χ3v) is 4.31. The molecular formula is C18H29N3O. The van der Waals surface area contributed by atoms with Crippen molar-refractivity contribution in [3.05, 3.63) is 29.3 Å². The topological polar surface area (TPSA) is 35.6 Å². The SMILES string of the molecule is CCCN(CCC)C1CN(C(=O)Nc2ccc(C)cc2C)C1. The van der Waals surface area contributed by atoms with Crippen molar-refractivity contribution in [2.24, 2.45) is 0 Å². The number of benzene rings is 1. The van der Waals surface area contributed by atoms with E-state index >= 15 is 0 Å². The minimum absolute atomic E-state index is 0.0242. The van der Waals surface area contributed by atoms with Crippen LogP contribution in [0.15, 0.2) is 18.2 Å². The Labute approximate surface area is 134 Å². The first-order valence-corrected chi connectivity index (χ1v) is 8.42. The van der Waals surface area contributed by atoms with Gasteiger partial charge in [0.25, 0.3) is 0 Å². The van der Waals surface area contributed by atoms with Gasteiger partial charge in [-0.3, -0.25) is 4.90 Å². The third-order valence-electron chi connectivity index (χ3n) is 4.31. The Bertz CT molecular complexity index is 503. The van der Waals surface area contributed by atoms with Gasteiger partial charge in [0.1, 0.15) is 0 Å². The van der Waals surface area contributed by atoms with Crippen molar-refractivity contribution in [1.82, 2.24) is 9.80 Å². The van der Waals surface area contributed by atoms with E-state index in [1.165, 1.54) is 18.4 Å². The zero-order valence-corrected chi connectivity index (χ0v) is 14.4. The molecule has 1 aromatic carbocycles. The van der Waals surface area contributed by atoms with Gasteiger partial charge in [-0.15, -0.1) is 0 Å². The highest BCUT2D eigenvalue weighted by Gasteiger charge is 2.34. The van der Waals surface area contributed by atoms with E-state index in [9.17, 15) is 4.79 Å². The second-order valence-electron chi connectivity index (χ2n) is 6.34. The first-order valence-electron chi connectivity index (χ1n) is 8.42. The molecule has 0 unspecified atom stereocenters. The van der Waals surface area contributed by atoms with Gasteiger partial charge in [-0.1, -0.05) is 31.5 Å². The number of anilines is 1. The molecule has 22 heavy (non-hydrogen) atoms. The van der Waals surface area contributed by atoms with Crippen LogP contribution >= 0.6 is 0 Å². The second-order valence-corrected chi connectivity index (χ2v) is 6.34. The Balaban J connectivity index is 1.86. The summed E-state index contributed by atoms with van der Waals surface area (Å²) in [6, 6.07) is 6.67. The van der Waals surface area contributed by atoms with E-state index in [-0.39, 0.29) is 6.03 Å². The summed E-state index contributed by atoms with van der Waals surface area (Å²) < 4.78 is 0. The van der Waals surface area contributed by atoms with Gasteiger partial charge in [0.2, 0.25) is 0 Å². The number of aryl methyl sites for hydroxylation is 2. The smallest absolute Gasteiger partial charge is 0.321 e. The summed E-state index contributed by atoms with van der Waals surface area (Å²) in [7, 11) is 0. The molecule has 1 aromatic rings. The van der Waals surface area contributed by atoms with Gasteiger partial charge in [-0.25, -0.2) is 4.79 Å². The quantitative estimate of drug-likeness (QED) is 0.871. The third kappa shape index (κ3) is 4.01. The van der Waals surface area contributed by atoms with Crippen LogP contribution in [0.2, 0.25) is 0 Å². The second kappa shape index (κ2) is 7.63. The van der Waals surface area contributed by atoms with Crippen LogP contribution < -0.4 is 5.32 Å². The largest absolute Gasteiger partial charge is 0.321 e. The van der Waals surface area contributed by atoms with E-state index in [1.54, 1.807) is 0 Å². The molecule has 2 amide bonds. The Morgan fingerprint density at radius 2 is 1.86 bits per heavy atom. The number of hydrogen-bond donors (Lipinski definition) is 1. The lowest BCUT2D eigenvalue weighted by Gasteiger charge is -2.45. The fourth-order valence-corrected chi connectivity index (χ4v) is 3.05. The lowest BCUT2D eigenvalue weighted by molar-refractivity contribution is 0.0614. The normalized spacial score (nSPS) is 15.0. The molecule has 0 radical (unpaired) electrons. The number of amides is 2. The molecule has 0 saturated carbocycles. The van der Waals surface area contributed by atoms with Crippen LogP contribution in [0, 0.1) is 13.8 Å². The van der Waals surface area contributed by atoms with Crippen LogP contribution in [0.5, 0.6) is 0 Å². The predicted molar refractivity (Wildman–Crippen MR) is 92.5 cm³/mol. The van der Waals surface area contributed by atoms with Crippen LogP contribution in [0.25, 0.3) is 0 Å². The first-order chi connectivity index (χ1) is 10.5. The predicted octanol–water partition coefficient (Wildman–Crippen LogP) is 3.64. The van der Waals surface area contributed by atoms with Gasteiger partial charge in [0.05, 0.1) is 0 Å². The number of nitrogens with one attached hydrogen (secondary N) is 1. The molecule has 1 aliphatic heterocycles. The van der Waals surface area contributed by atoms with Gasteiger partial charge in [-0.05, 0) is 51.4 Å². The summed E-state index contributed by atoms with van der Waals surface area (Å²) in [5.41, 5.74) is 3.25. The molecular weight excluding hydrogens is 274 g/mol. The number of carbonyl (C=O) groups is 1. The monoisotopic (exact) mass is 303 g/mol. The Morgan fingerprint density at radius 3 is 2.41 bits per heavy atom. The average molecular weight is 303 g/mol. The molecule has 1 N–H and O–H groups in total. The molecule has 0 aromatic heterocycles. The number of urea groups is 1. The molecule has 0 bridgehead atoms. The van der Waals surface area contributed by atoms with Gasteiger partial charge in [0, 0.05) is 24.8 Å². The minimum Gasteiger partial charge on any atom is -0.321 e. The Kier molecular flexibility index (Phi) is 5.83. The van der Waals surface area contributed by atoms with E-state index in [0.29, 0.717) is 6.04 Å². The molecule has 4 nitrogen and oxygen atoms in total. The van der Waals surface area contributed by atoms with Crippen molar-refractivity contribution in [3.63, 3.8) is 0 Å². The van der Waals surface area contributed by atoms with E-state index in [2.05, 4.69) is 37.1 Å². The molecule has 1 aliphatic rings. The summed E-state index contributed by atoms with van der Waals surface area (Å²) in [5.74, 6) is 0. The molecule has 122 valence electrons. The summed E-state index contributed by atoms with van der Waals surface area (Å²) >= 11 is 0. The van der Waals surface area contributed by atoms with Crippen molar-refractivity contribution < 1.29 is 4.79 Å². The van der Waals surface area contributed by atoms with E-state index in [4.69, 9.17) is 0 Å². The van der Waals surface area contributed by atoms with E-state index < -0.39 is 0 Å². The summed E-state index contributed by atoms with van der Waals surface area (Å²) in [4.78, 5) is 16.7. The maximum atomic E-state index is 12.3. The molecule has 0 aliphatic carbocycles. The Hall–Kier alpha value is -1.55. The van der Waals surface area contributed by atoms with Crippen LogP contribution in [0.3, 0.4) is 0 Å². The lowest BCUT2D eigenvalue weighted by Crippen LogP contribution is -2.62. The van der Waals surface area contributed by atoms with Gasteiger partial charge < -0.3 is 10.2 Å². The van der Waals surface area contributed by atoms with Crippen LogP contribution in [0.4, 0.5) is 10.5 Å². The first kappa shape index (κ1) is 16.8. The zero-order chi connectivity index (χ0) is 16.1. The molecule has 1 saturated heterocycles. The highest BCUT2D eigenvalue weighted by Crippen LogP contribution is 2.20. The van der Waals surface area contributed by atoms with Gasteiger partial charge >= 0.3 is 6.03 Å². The van der Waals surface area contributed by atoms with Gasteiger partial charge in [0.15, 0.2) is 0 Å². The van der Waals surface area contributed by atoms with Crippen LogP contribution in [-0.4, -0.2) is 48.1 Å². The summed E-state index contributed by atoms with van der Waals surface area (Å²) in [6.07, 6.45) is 2.34. The van der Waals surface area contributed by atoms with Crippen molar-refractivity contribution in [3.8, 4) is 0 Å². The lowest BCUT2D eigenvalue weighted by atomic mass is 10.1. The molecule has 1 fully saturated rings. The van der Waals surface area contributed by atoms with Crippen molar-refractivity contribution >= 4 is 11.7 Å². The van der Waals surface area contributed by atoms with Crippen molar-refractivity contribution in [2.45, 2.75) is 46.6 Å². The van der Waals surface area contributed by atoms with Gasteiger partial charge in [-0.2, -0.15) is 0 Å². The van der Waals surface area contributed by atoms with Crippen molar-refractivity contribution in [1.29, 1.82) is 0 Å². The number of nitrogens with zero attached hydrogens (tertiary/aromatic N) is 2. The average Bonchev–Trinajstić information content (AvgIpc) is 2.41. The maximum Gasteiger partial charge on any atom is 0.321 e. The van der Waals surface area contributed by atoms with Crippen LogP contribution in [-0.2, 0) is 0 Å². The molecule has 4 heteroatoms. The van der Waals surface area contributed by atoms with E-state index in [0.717, 1.165) is 37.4 Å². The van der Waals surface area contributed by atoms with Crippen LogP contribution in [0.1, 0.15) is 37.8 Å². The number of hydrogen-bond acceptors (Lipinski definition) is 2. The fraction of sp³-hybridized carbons (Fsp3) is 0.611. The van der Waals surface area contributed by atoms with Crippen molar-refractivity contribution in [2.75, 3.05) is 31.5 Å². The zero-order valence-electron chi connectivity index (χ0n) is 14.4. The fourth-order valence-electron chi connectivity index (χ4n) is 3.05. The molecule has 0 spiro atoms. The Morgan fingerprint density at radius 1 is 1.23 bits per heavy atom. The minimum atomic E-state index is 0.0242. The molecule has 1 heterocycles. The summed E-state index contributed by atoms with van der Waals surface area (Å²) in [5, 5.41) is 3.03. The molecule has 2 rings (SSSR count). The maximum absolute atomic E-state index is 12.3. The standard InChI is InChI=1S/C18H29N3O/c1-5-9-20(10-6-2)16-12-21(13-16)18(22)19-17-8-7-14(3)11-15(17)4/h7-8,11,16H,5-6,9-10,12-13H2,1-4H3,(H,19,22). The number of rotatable bonds is 6. The summed E-state index contributed by atoms with van der Waals surface area (Å²) in [6.45, 7) is 12.5. The van der Waals surface area contributed by atoms with E-state index in [1.807, 2.05) is 24.0 Å². The number of carbonyl (C=O) groups excluding carboxylic acids is 1. The highest BCUT2D eigenvalue weighted by molar-refractivity contribution is 5.90. The number of likely N-dealkylation sites (tertiary alicyclic amines) is 1. The molecule has 0 atom stereocenters.